The van der Waals surface area contributed by atoms with Crippen molar-refractivity contribution in [1.29, 1.82) is 0 Å². The van der Waals surface area contributed by atoms with Gasteiger partial charge in [0.15, 0.2) is 11.7 Å². The summed E-state index contributed by atoms with van der Waals surface area (Å²) >= 11 is 0. The van der Waals surface area contributed by atoms with E-state index in [4.69, 9.17) is 9.15 Å². The third-order valence-corrected chi connectivity index (χ3v) is 4.90. The van der Waals surface area contributed by atoms with E-state index in [9.17, 15) is 4.79 Å². The van der Waals surface area contributed by atoms with Crippen LogP contribution in [0.25, 0.3) is 0 Å². The zero-order valence-electron chi connectivity index (χ0n) is 18.3. The van der Waals surface area contributed by atoms with Gasteiger partial charge in [-0.25, -0.2) is 4.99 Å². The normalized spacial score (nSPS) is 13.3. The second-order valence-corrected chi connectivity index (χ2v) is 7.53. The molecule has 1 aliphatic rings. The predicted octanol–water partition coefficient (Wildman–Crippen LogP) is 3.87. The van der Waals surface area contributed by atoms with Crippen molar-refractivity contribution in [2.75, 3.05) is 26.2 Å². The van der Waals surface area contributed by atoms with Gasteiger partial charge in [0.25, 0.3) is 5.91 Å². The summed E-state index contributed by atoms with van der Waals surface area (Å²) < 4.78 is 11.2. The average Bonchev–Trinajstić information content (AvgIpc) is 3.49. The number of aryl methyl sites for hydroxylation is 1. The molecule has 0 unspecified atom stereocenters. The number of amides is 1. The Morgan fingerprint density at radius 3 is 2.65 bits per heavy atom. The van der Waals surface area contributed by atoms with E-state index >= 15 is 0 Å². The number of benzene rings is 1. The number of nitrogens with one attached hydrogen (secondary N) is 3. The molecule has 0 radical (unpaired) electrons. The minimum absolute atomic E-state index is 0. The van der Waals surface area contributed by atoms with E-state index in [0.29, 0.717) is 25.4 Å². The van der Waals surface area contributed by atoms with E-state index in [2.05, 4.69) is 27.0 Å². The van der Waals surface area contributed by atoms with Gasteiger partial charge in [0.2, 0.25) is 0 Å². The van der Waals surface area contributed by atoms with Gasteiger partial charge >= 0.3 is 0 Å². The molecule has 1 heterocycles. The van der Waals surface area contributed by atoms with Crippen molar-refractivity contribution in [1.82, 2.24) is 16.0 Å². The monoisotopic (exact) mass is 540 g/mol. The van der Waals surface area contributed by atoms with Gasteiger partial charge in [0.1, 0.15) is 5.75 Å². The molecule has 0 saturated heterocycles. The van der Waals surface area contributed by atoms with Crippen molar-refractivity contribution in [2.24, 2.45) is 10.9 Å². The SMILES string of the molecule is CCNC(=NCc1ccccc1OCC1CC1)NCCCNC(=O)c1occc1C.I. The van der Waals surface area contributed by atoms with Crippen molar-refractivity contribution in [3.63, 3.8) is 0 Å². The Balaban J connectivity index is 0.00000341. The summed E-state index contributed by atoms with van der Waals surface area (Å²) in [5.74, 6) is 2.58. The van der Waals surface area contributed by atoms with E-state index < -0.39 is 0 Å². The summed E-state index contributed by atoms with van der Waals surface area (Å²) in [7, 11) is 0. The summed E-state index contributed by atoms with van der Waals surface area (Å²) in [5, 5.41) is 9.45. The van der Waals surface area contributed by atoms with Crippen LogP contribution >= 0.6 is 24.0 Å². The summed E-state index contributed by atoms with van der Waals surface area (Å²) in [6, 6.07) is 9.86. The van der Waals surface area contributed by atoms with Gasteiger partial charge in [0.05, 0.1) is 19.4 Å². The van der Waals surface area contributed by atoms with Gasteiger partial charge in [-0.1, -0.05) is 18.2 Å². The molecule has 0 aliphatic heterocycles. The number of furan rings is 1. The fourth-order valence-corrected chi connectivity index (χ4v) is 2.96. The van der Waals surface area contributed by atoms with E-state index in [1.807, 2.05) is 32.0 Å². The average molecular weight is 540 g/mol. The number of nitrogens with zero attached hydrogens (tertiary/aromatic N) is 1. The van der Waals surface area contributed by atoms with Crippen LogP contribution in [0.15, 0.2) is 46.0 Å². The van der Waals surface area contributed by atoms with Crippen molar-refractivity contribution < 1.29 is 13.9 Å². The summed E-state index contributed by atoms with van der Waals surface area (Å²) in [4.78, 5) is 16.7. The van der Waals surface area contributed by atoms with Crippen LogP contribution in [0.5, 0.6) is 5.75 Å². The number of halogens is 1. The van der Waals surface area contributed by atoms with Crippen LogP contribution in [0, 0.1) is 12.8 Å². The van der Waals surface area contributed by atoms with Crippen LogP contribution < -0.4 is 20.7 Å². The molecule has 3 N–H and O–H groups in total. The number of hydrogen-bond acceptors (Lipinski definition) is 4. The third-order valence-electron chi connectivity index (χ3n) is 4.90. The number of carbonyl (C=O) groups excluding carboxylic acids is 1. The molecule has 31 heavy (non-hydrogen) atoms. The zero-order chi connectivity index (χ0) is 21.2. The summed E-state index contributed by atoms with van der Waals surface area (Å²) in [5.41, 5.74) is 1.92. The van der Waals surface area contributed by atoms with Crippen LogP contribution in [0.1, 0.15) is 47.9 Å². The molecule has 8 heteroatoms. The fourth-order valence-electron chi connectivity index (χ4n) is 2.96. The molecule has 170 valence electrons. The molecular weight excluding hydrogens is 507 g/mol. The molecule has 7 nitrogen and oxygen atoms in total. The highest BCUT2D eigenvalue weighted by Crippen LogP contribution is 2.30. The highest BCUT2D eigenvalue weighted by molar-refractivity contribution is 14.0. The van der Waals surface area contributed by atoms with E-state index in [1.165, 1.54) is 19.1 Å². The van der Waals surface area contributed by atoms with Crippen molar-refractivity contribution >= 4 is 35.8 Å². The number of ether oxygens (including phenoxy) is 1. The first-order chi connectivity index (χ1) is 14.7. The molecule has 1 aromatic heterocycles. The number of rotatable bonds is 11. The van der Waals surface area contributed by atoms with Gasteiger partial charge in [-0.15, -0.1) is 24.0 Å². The molecule has 1 aromatic carbocycles. The fraction of sp³-hybridized carbons (Fsp3) is 0.478. The molecule has 2 aromatic rings. The maximum absolute atomic E-state index is 12.0. The molecule has 0 bridgehead atoms. The minimum atomic E-state index is -0.180. The lowest BCUT2D eigenvalue weighted by Gasteiger charge is -2.13. The maximum atomic E-state index is 12.0. The molecule has 3 rings (SSSR count). The van der Waals surface area contributed by atoms with Crippen molar-refractivity contribution in [3.8, 4) is 5.75 Å². The molecule has 1 fully saturated rings. The van der Waals surface area contributed by atoms with Crippen LogP contribution in [0.4, 0.5) is 0 Å². The quantitative estimate of drug-likeness (QED) is 0.174. The van der Waals surface area contributed by atoms with Crippen molar-refractivity contribution in [3.05, 3.63) is 53.5 Å². The zero-order valence-corrected chi connectivity index (χ0v) is 20.6. The number of guanidine groups is 1. The van der Waals surface area contributed by atoms with Gasteiger partial charge in [0, 0.05) is 30.8 Å². The maximum Gasteiger partial charge on any atom is 0.287 e. The Hall–Kier alpha value is -2.23. The Labute approximate surface area is 201 Å². The minimum Gasteiger partial charge on any atom is -0.493 e. The van der Waals surface area contributed by atoms with Gasteiger partial charge < -0.3 is 25.1 Å². The Bertz CT molecular complexity index is 849. The molecule has 0 atom stereocenters. The second kappa shape index (κ2) is 13.2. The third kappa shape index (κ3) is 8.43. The summed E-state index contributed by atoms with van der Waals surface area (Å²) in [6.07, 6.45) is 4.85. The largest absolute Gasteiger partial charge is 0.493 e. The standard InChI is InChI=1S/C23H32N4O3.HI/c1-3-24-23(26-13-6-12-25-22(28)21-17(2)11-14-29-21)27-15-19-7-4-5-8-20(19)30-16-18-9-10-18;/h4-5,7-8,11,14,18H,3,6,9-10,12-13,15-16H2,1-2H3,(H,25,28)(H2,24,26,27);1H. The number of carbonyl (C=O) groups is 1. The first-order valence-electron chi connectivity index (χ1n) is 10.7. The number of para-hydroxylation sites is 1. The van der Waals surface area contributed by atoms with Crippen LogP contribution in [0.3, 0.4) is 0 Å². The number of hydrogen-bond donors (Lipinski definition) is 3. The van der Waals surface area contributed by atoms with Crippen LogP contribution in [0.2, 0.25) is 0 Å². The number of aliphatic imine (C=N–C) groups is 1. The second-order valence-electron chi connectivity index (χ2n) is 7.53. The van der Waals surface area contributed by atoms with Gasteiger partial charge in [-0.2, -0.15) is 0 Å². The van der Waals surface area contributed by atoms with Gasteiger partial charge in [-0.05, 0) is 51.2 Å². The smallest absolute Gasteiger partial charge is 0.287 e. The lowest BCUT2D eigenvalue weighted by molar-refractivity contribution is 0.0925. The first kappa shape index (κ1) is 25.0. The van der Waals surface area contributed by atoms with Crippen LogP contribution in [-0.2, 0) is 6.54 Å². The lowest BCUT2D eigenvalue weighted by Crippen LogP contribution is -2.38. The molecule has 1 aliphatic carbocycles. The van der Waals surface area contributed by atoms with E-state index in [-0.39, 0.29) is 29.9 Å². The van der Waals surface area contributed by atoms with Crippen molar-refractivity contribution in [2.45, 2.75) is 39.7 Å². The Morgan fingerprint density at radius 2 is 1.94 bits per heavy atom. The highest BCUT2D eigenvalue weighted by Gasteiger charge is 2.22. The topological polar surface area (TPSA) is 87.9 Å². The van der Waals surface area contributed by atoms with Gasteiger partial charge in [-0.3, -0.25) is 4.79 Å². The molecule has 1 amide bonds. The summed E-state index contributed by atoms with van der Waals surface area (Å²) in [6.45, 7) is 7.27. The van der Waals surface area contributed by atoms with E-state index in [1.54, 1.807) is 6.07 Å². The predicted molar refractivity (Wildman–Crippen MR) is 133 cm³/mol. The van der Waals surface area contributed by atoms with E-state index in [0.717, 1.165) is 48.3 Å². The first-order valence-corrected chi connectivity index (χ1v) is 10.7. The highest BCUT2D eigenvalue weighted by atomic mass is 127. The lowest BCUT2D eigenvalue weighted by atomic mass is 10.2. The Morgan fingerprint density at radius 1 is 1.16 bits per heavy atom. The molecule has 1 saturated carbocycles. The Kier molecular flexibility index (Phi) is 10.7. The van der Waals surface area contributed by atoms with Crippen LogP contribution in [-0.4, -0.2) is 38.1 Å². The molecule has 0 spiro atoms. The molecular formula is C23H33IN4O3.